The monoisotopic (exact) mass is 420 g/mol. The van der Waals surface area contributed by atoms with Gasteiger partial charge in [-0.05, 0) is 61.4 Å². The fourth-order valence-electron chi connectivity index (χ4n) is 3.12. The first kappa shape index (κ1) is 19.7. The Hall–Kier alpha value is -3.65. The predicted octanol–water partition coefficient (Wildman–Crippen LogP) is 4.23. The van der Waals surface area contributed by atoms with Gasteiger partial charge in [0, 0.05) is 11.3 Å². The molecule has 3 aromatic carbocycles. The van der Waals surface area contributed by atoms with Crippen molar-refractivity contribution in [1.82, 2.24) is 9.97 Å². The van der Waals surface area contributed by atoms with Crippen LogP contribution in [0.1, 0.15) is 21.5 Å². The van der Waals surface area contributed by atoms with Crippen molar-refractivity contribution in [1.29, 1.82) is 0 Å². The van der Waals surface area contributed by atoms with Crippen LogP contribution in [0, 0.1) is 13.8 Å². The van der Waals surface area contributed by atoms with Crippen LogP contribution in [0.5, 0.6) is 0 Å². The molecule has 0 aliphatic rings. The zero-order valence-corrected chi connectivity index (χ0v) is 17.2. The molecule has 0 aliphatic carbocycles. The van der Waals surface area contributed by atoms with Crippen molar-refractivity contribution in [2.75, 3.05) is 10.0 Å². The van der Waals surface area contributed by atoms with Crippen molar-refractivity contribution in [3.63, 3.8) is 0 Å². The normalized spacial score (nSPS) is 11.4. The maximum atomic E-state index is 12.8. The van der Waals surface area contributed by atoms with E-state index in [2.05, 4.69) is 20.0 Å². The van der Waals surface area contributed by atoms with Crippen LogP contribution >= 0.6 is 0 Å². The quantitative estimate of drug-likeness (QED) is 0.449. The number of aromatic nitrogens is 2. The number of aryl methyl sites for hydroxylation is 2. The molecule has 8 heteroatoms. The van der Waals surface area contributed by atoms with E-state index in [1.807, 2.05) is 37.3 Å². The first-order valence-corrected chi connectivity index (χ1v) is 10.8. The number of hydrogen-bond donors (Lipinski definition) is 3. The summed E-state index contributed by atoms with van der Waals surface area (Å²) < 4.78 is 28.2. The molecule has 1 heterocycles. The molecule has 0 saturated carbocycles. The van der Waals surface area contributed by atoms with Gasteiger partial charge in [0.25, 0.3) is 15.9 Å². The number of sulfonamides is 1. The third-order valence-corrected chi connectivity index (χ3v) is 6.03. The number of carbonyl (C=O) groups is 1. The minimum atomic E-state index is -3.85. The van der Waals surface area contributed by atoms with Crippen molar-refractivity contribution in [3.05, 3.63) is 83.4 Å². The highest BCUT2D eigenvalue weighted by molar-refractivity contribution is 7.92. The van der Waals surface area contributed by atoms with Crippen LogP contribution in [0.2, 0.25) is 0 Å². The third-order valence-electron chi connectivity index (χ3n) is 4.66. The summed E-state index contributed by atoms with van der Waals surface area (Å²) in [5.41, 5.74) is 3.82. The Bertz CT molecular complexity index is 1330. The molecule has 3 N–H and O–H groups in total. The highest BCUT2D eigenvalue weighted by Crippen LogP contribution is 2.21. The van der Waals surface area contributed by atoms with E-state index < -0.39 is 15.9 Å². The van der Waals surface area contributed by atoms with E-state index in [1.165, 1.54) is 12.1 Å². The molecule has 0 aliphatic heterocycles. The predicted molar refractivity (Wildman–Crippen MR) is 117 cm³/mol. The third kappa shape index (κ3) is 4.04. The fraction of sp³-hybridized carbons (Fsp3) is 0.0909. The zero-order chi connectivity index (χ0) is 21.3. The van der Waals surface area contributed by atoms with Crippen LogP contribution in [-0.4, -0.2) is 24.3 Å². The van der Waals surface area contributed by atoms with E-state index in [-0.39, 0.29) is 10.5 Å². The lowest BCUT2D eigenvalue weighted by Gasteiger charge is -2.11. The SMILES string of the molecule is Cc1cccc(NS(=O)(=O)c2ccc(C)c(C(=O)Nc3nc4ccccc4[nH]3)c2)c1. The van der Waals surface area contributed by atoms with Gasteiger partial charge in [-0.1, -0.05) is 30.3 Å². The number of H-pyrrole nitrogens is 1. The van der Waals surface area contributed by atoms with E-state index in [0.29, 0.717) is 17.2 Å². The van der Waals surface area contributed by atoms with Crippen molar-refractivity contribution in [2.24, 2.45) is 0 Å². The Balaban J connectivity index is 1.61. The molecule has 0 unspecified atom stereocenters. The van der Waals surface area contributed by atoms with Crippen LogP contribution in [-0.2, 0) is 10.0 Å². The number of aromatic amines is 1. The molecule has 4 rings (SSSR count). The van der Waals surface area contributed by atoms with Gasteiger partial charge >= 0.3 is 0 Å². The summed E-state index contributed by atoms with van der Waals surface area (Å²) in [5.74, 6) is -0.147. The summed E-state index contributed by atoms with van der Waals surface area (Å²) in [6.45, 7) is 3.63. The van der Waals surface area contributed by atoms with E-state index >= 15 is 0 Å². The molecule has 1 amide bonds. The summed E-state index contributed by atoms with van der Waals surface area (Å²) in [7, 11) is -3.85. The van der Waals surface area contributed by atoms with Gasteiger partial charge in [0.1, 0.15) is 0 Å². The van der Waals surface area contributed by atoms with Gasteiger partial charge in [-0.25, -0.2) is 13.4 Å². The summed E-state index contributed by atoms with van der Waals surface area (Å²) in [6, 6.07) is 18.9. The van der Waals surface area contributed by atoms with Crippen LogP contribution in [0.25, 0.3) is 11.0 Å². The zero-order valence-electron chi connectivity index (χ0n) is 16.4. The van der Waals surface area contributed by atoms with Crippen molar-refractivity contribution in [3.8, 4) is 0 Å². The maximum absolute atomic E-state index is 12.8. The molecule has 0 bridgehead atoms. The molecule has 0 spiro atoms. The minimum Gasteiger partial charge on any atom is -0.324 e. The lowest BCUT2D eigenvalue weighted by molar-refractivity contribution is 0.102. The number of rotatable bonds is 5. The highest BCUT2D eigenvalue weighted by Gasteiger charge is 2.19. The Morgan fingerprint density at radius 2 is 1.77 bits per heavy atom. The topological polar surface area (TPSA) is 104 Å². The van der Waals surface area contributed by atoms with Crippen LogP contribution < -0.4 is 10.0 Å². The van der Waals surface area contributed by atoms with Gasteiger partial charge in [-0.2, -0.15) is 0 Å². The molecule has 152 valence electrons. The average Bonchev–Trinajstić information content (AvgIpc) is 3.10. The molecule has 0 saturated heterocycles. The standard InChI is InChI=1S/C22H20N4O3S/c1-14-6-5-7-16(12-14)26-30(28,29)17-11-10-15(2)18(13-17)21(27)25-22-23-19-8-3-4-9-20(19)24-22/h3-13,26H,1-2H3,(H2,23,24,25,27). The van der Waals surface area contributed by atoms with Crippen molar-refractivity contribution < 1.29 is 13.2 Å². The molecule has 30 heavy (non-hydrogen) atoms. The number of nitrogens with one attached hydrogen (secondary N) is 3. The molecule has 0 fully saturated rings. The second kappa shape index (κ2) is 7.64. The van der Waals surface area contributed by atoms with Crippen molar-refractivity contribution in [2.45, 2.75) is 18.7 Å². The van der Waals surface area contributed by atoms with Gasteiger partial charge in [0.15, 0.2) is 0 Å². The number of nitrogens with zero attached hydrogens (tertiary/aromatic N) is 1. The number of amides is 1. The van der Waals surface area contributed by atoms with Crippen LogP contribution in [0.4, 0.5) is 11.6 Å². The number of imidazole rings is 1. The van der Waals surface area contributed by atoms with Gasteiger partial charge < -0.3 is 4.98 Å². The number of anilines is 2. The Kier molecular flexibility index (Phi) is 5.01. The van der Waals surface area contributed by atoms with Gasteiger partial charge in [0.2, 0.25) is 5.95 Å². The molecule has 1 aromatic heterocycles. The summed E-state index contributed by atoms with van der Waals surface area (Å²) in [5, 5.41) is 2.70. The largest absolute Gasteiger partial charge is 0.324 e. The number of para-hydroxylation sites is 2. The van der Waals surface area contributed by atoms with Crippen LogP contribution in [0.15, 0.2) is 71.6 Å². The van der Waals surface area contributed by atoms with Crippen LogP contribution in [0.3, 0.4) is 0 Å². The van der Waals surface area contributed by atoms with E-state index in [4.69, 9.17) is 0 Å². The van der Waals surface area contributed by atoms with Crippen molar-refractivity contribution >= 4 is 38.6 Å². The Labute approximate surface area is 174 Å². The first-order valence-electron chi connectivity index (χ1n) is 9.28. The number of carbonyl (C=O) groups excluding carboxylic acids is 1. The summed E-state index contributed by atoms with van der Waals surface area (Å²) >= 11 is 0. The molecule has 0 radical (unpaired) electrons. The molecule has 4 aromatic rings. The summed E-state index contributed by atoms with van der Waals surface area (Å²) in [6.07, 6.45) is 0. The maximum Gasteiger partial charge on any atom is 0.261 e. The smallest absolute Gasteiger partial charge is 0.261 e. The van der Waals surface area contributed by atoms with E-state index in [9.17, 15) is 13.2 Å². The molecular formula is C22H20N4O3S. The summed E-state index contributed by atoms with van der Waals surface area (Å²) in [4.78, 5) is 20.2. The fourth-order valence-corrected chi connectivity index (χ4v) is 4.20. The molecular weight excluding hydrogens is 400 g/mol. The second-order valence-electron chi connectivity index (χ2n) is 7.01. The second-order valence-corrected chi connectivity index (χ2v) is 8.69. The molecule has 7 nitrogen and oxygen atoms in total. The number of fused-ring (bicyclic) bond motifs is 1. The van der Waals surface area contributed by atoms with Gasteiger partial charge in [-0.3, -0.25) is 14.8 Å². The average molecular weight is 420 g/mol. The first-order chi connectivity index (χ1) is 14.3. The Morgan fingerprint density at radius 1 is 0.967 bits per heavy atom. The lowest BCUT2D eigenvalue weighted by atomic mass is 10.1. The molecule has 0 atom stereocenters. The highest BCUT2D eigenvalue weighted by atomic mass is 32.2. The number of hydrogen-bond acceptors (Lipinski definition) is 4. The van der Waals surface area contributed by atoms with Gasteiger partial charge in [0.05, 0.1) is 15.9 Å². The van der Waals surface area contributed by atoms with E-state index in [0.717, 1.165) is 16.6 Å². The number of benzene rings is 3. The van der Waals surface area contributed by atoms with Gasteiger partial charge in [-0.15, -0.1) is 0 Å². The lowest BCUT2D eigenvalue weighted by Crippen LogP contribution is -2.17. The Morgan fingerprint density at radius 3 is 2.53 bits per heavy atom. The minimum absolute atomic E-state index is 0.00404. The van der Waals surface area contributed by atoms with E-state index in [1.54, 1.807) is 31.2 Å².